The number of hydrogen-bond donors (Lipinski definition) is 2. The molecular formula is C11H9BrN4O4. The number of aromatic nitrogens is 2. The lowest BCUT2D eigenvalue weighted by Gasteiger charge is -2.04. The molecule has 0 aliphatic heterocycles. The highest BCUT2D eigenvalue weighted by atomic mass is 79.9. The summed E-state index contributed by atoms with van der Waals surface area (Å²) in [4.78, 5) is 21.9. The average molecular weight is 341 g/mol. The predicted octanol–water partition coefficient (Wildman–Crippen LogP) is 2.34. The molecule has 2 rings (SSSR count). The summed E-state index contributed by atoms with van der Waals surface area (Å²) in [5.41, 5.74) is 0.431. The van der Waals surface area contributed by atoms with Crippen molar-refractivity contribution in [2.45, 2.75) is 0 Å². The third-order valence-corrected chi connectivity index (χ3v) is 3.19. The van der Waals surface area contributed by atoms with Gasteiger partial charge in [0.2, 0.25) is 0 Å². The number of H-pyrrole nitrogens is 1. The van der Waals surface area contributed by atoms with Crippen LogP contribution in [0.3, 0.4) is 0 Å². The summed E-state index contributed by atoms with van der Waals surface area (Å²) in [7, 11) is 1.54. The summed E-state index contributed by atoms with van der Waals surface area (Å²) in [6, 6.07) is 6.65. The van der Waals surface area contributed by atoms with E-state index >= 15 is 0 Å². The number of benzene rings is 1. The maximum Gasteiger partial charge on any atom is 0.357 e. The number of methoxy groups -OCH3 is 1. The lowest BCUT2D eigenvalue weighted by Crippen LogP contribution is -2.13. The van der Waals surface area contributed by atoms with Crippen molar-refractivity contribution in [1.29, 1.82) is 0 Å². The van der Waals surface area contributed by atoms with E-state index in [4.69, 9.17) is 4.74 Å². The van der Waals surface area contributed by atoms with Crippen LogP contribution in [0.15, 0.2) is 28.7 Å². The fraction of sp³-hybridized carbons (Fsp3) is 0.0909. The lowest BCUT2D eigenvalue weighted by atomic mass is 10.3. The van der Waals surface area contributed by atoms with E-state index in [0.29, 0.717) is 11.4 Å². The van der Waals surface area contributed by atoms with Gasteiger partial charge in [0.05, 0.1) is 7.11 Å². The van der Waals surface area contributed by atoms with Crippen LogP contribution >= 0.6 is 15.9 Å². The van der Waals surface area contributed by atoms with E-state index in [1.54, 1.807) is 24.3 Å². The number of rotatable bonds is 4. The number of halogens is 1. The monoisotopic (exact) mass is 340 g/mol. The molecule has 1 aromatic heterocycles. The average Bonchev–Trinajstić information content (AvgIpc) is 2.81. The summed E-state index contributed by atoms with van der Waals surface area (Å²) in [5, 5.41) is 19.0. The molecule has 1 amide bonds. The Morgan fingerprint density at radius 3 is 2.60 bits per heavy atom. The Kier molecular flexibility index (Phi) is 3.99. The van der Waals surface area contributed by atoms with Crippen LogP contribution in [0.2, 0.25) is 0 Å². The van der Waals surface area contributed by atoms with Crippen molar-refractivity contribution in [3.63, 3.8) is 0 Å². The molecule has 20 heavy (non-hydrogen) atoms. The van der Waals surface area contributed by atoms with E-state index in [2.05, 4.69) is 31.4 Å². The molecule has 0 saturated heterocycles. The molecule has 0 aliphatic rings. The van der Waals surface area contributed by atoms with Crippen LogP contribution in [0.1, 0.15) is 10.5 Å². The van der Waals surface area contributed by atoms with Crippen LogP contribution in [0.25, 0.3) is 0 Å². The molecular weight excluding hydrogens is 332 g/mol. The van der Waals surface area contributed by atoms with Crippen LogP contribution in [-0.4, -0.2) is 28.1 Å². The fourth-order valence-electron chi connectivity index (χ4n) is 1.46. The predicted molar refractivity (Wildman–Crippen MR) is 73.9 cm³/mol. The summed E-state index contributed by atoms with van der Waals surface area (Å²) >= 11 is 2.97. The first kappa shape index (κ1) is 14.0. The molecule has 1 aromatic carbocycles. The van der Waals surface area contributed by atoms with E-state index in [1.165, 1.54) is 7.11 Å². The Morgan fingerprint density at radius 1 is 1.45 bits per heavy atom. The molecule has 0 aliphatic carbocycles. The number of amides is 1. The second-order valence-electron chi connectivity index (χ2n) is 3.67. The van der Waals surface area contributed by atoms with Crippen molar-refractivity contribution in [3.8, 4) is 5.75 Å². The zero-order valence-corrected chi connectivity index (χ0v) is 11.8. The van der Waals surface area contributed by atoms with Gasteiger partial charge in [0, 0.05) is 5.69 Å². The van der Waals surface area contributed by atoms with Gasteiger partial charge in [-0.1, -0.05) is 5.10 Å². The molecule has 0 atom stereocenters. The summed E-state index contributed by atoms with van der Waals surface area (Å²) in [6.07, 6.45) is 0. The maximum absolute atomic E-state index is 11.9. The maximum atomic E-state index is 11.9. The van der Waals surface area contributed by atoms with Crippen molar-refractivity contribution < 1.29 is 14.5 Å². The number of carbonyl (C=O) groups is 1. The highest BCUT2D eigenvalue weighted by molar-refractivity contribution is 9.10. The smallest absolute Gasteiger partial charge is 0.357 e. The number of anilines is 1. The Labute approximate surface area is 121 Å². The zero-order chi connectivity index (χ0) is 14.7. The van der Waals surface area contributed by atoms with E-state index in [-0.39, 0.29) is 16.0 Å². The second-order valence-corrected chi connectivity index (χ2v) is 4.47. The van der Waals surface area contributed by atoms with Crippen molar-refractivity contribution in [2.24, 2.45) is 0 Å². The number of nitrogens with zero attached hydrogens (tertiary/aromatic N) is 2. The van der Waals surface area contributed by atoms with Gasteiger partial charge in [0.1, 0.15) is 10.2 Å². The van der Waals surface area contributed by atoms with Gasteiger partial charge in [-0.2, -0.15) is 0 Å². The summed E-state index contributed by atoms with van der Waals surface area (Å²) in [6.45, 7) is 0. The first-order valence-corrected chi connectivity index (χ1v) is 6.16. The highest BCUT2D eigenvalue weighted by Crippen LogP contribution is 2.26. The first-order valence-electron chi connectivity index (χ1n) is 5.36. The number of aromatic amines is 1. The van der Waals surface area contributed by atoms with Crippen LogP contribution in [0.4, 0.5) is 11.5 Å². The Bertz CT molecular complexity index is 653. The van der Waals surface area contributed by atoms with Crippen LogP contribution in [0.5, 0.6) is 5.75 Å². The van der Waals surface area contributed by atoms with E-state index < -0.39 is 10.8 Å². The van der Waals surface area contributed by atoms with E-state index in [1.807, 2.05) is 0 Å². The highest BCUT2D eigenvalue weighted by Gasteiger charge is 2.24. The van der Waals surface area contributed by atoms with Crippen molar-refractivity contribution in [1.82, 2.24) is 10.2 Å². The Morgan fingerprint density at radius 2 is 2.10 bits per heavy atom. The van der Waals surface area contributed by atoms with Gasteiger partial charge in [0.15, 0.2) is 5.69 Å². The second kappa shape index (κ2) is 5.70. The SMILES string of the molecule is COc1ccc(NC(=O)c2n[nH]c([N+](=O)[O-])c2Br)cc1. The van der Waals surface area contributed by atoms with Gasteiger partial charge >= 0.3 is 5.82 Å². The first-order chi connectivity index (χ1) is 9.52. The number of ether oxygens (including phenoxy) is 1. The molecule has 0 radical (unpaired) electrons. The molecule has 0 spiro atoms. The van der Waals surface area contributed by atoms with Crippen molar-refractivity contribution in [3.05, 3.63) is 44.5 Å². The third kappa shape index (κ3) is 2.77. The number of hydrogen-bond acceptors (Lipinski definition) is 5. The van der Waals surface area contributed by atoms with Crippen LogP contribution in [-0.2, 0) is 0 Å². The number of carbonyl (C=O) groups excluding carboxylic acids is 1. The fourth-order valence-corrected chi connectivity index (χ4v) is 1.96. The van der Waals surface area contributed by atoms with Gasteiger partial charge in [-0.25, -0.2) is 0 Å². The minimum Gasteiger partial charge on any atom is -0.497 e. The molecule has 0 bridgehead atoms. The van der Waals surface area contributed by atoms with Gasteiger partial charge in [0.25, 0.3) is 5.91 Å². The molecule has 1 heterocycles. The van der Waals surface area contributed by atoms with Gasteiger partial charge in [-0.05, 0) is 45.1 Å². The molecule has 0 fully saturated rings. The Hall–Kier alpha value is -2.42. The largest absolute Gasteiger partial charge is 0.497 e. The molecule has 9 heteroatoms. The molecule has 2 N–H and O–H groups in total. The molecule has 8 nitrogen and oxygen atoms in total. The molecule has 2 aromatic rings. The topological polar surface area (TPSA) is 110 Å². The molecule has 0 saturated carbocycles. The van der Waals surface area contributed by atoms with Gasteiger partial charge in [-0.15, -0.1) is 5.10 Å². The third-order valence-electron chi connectivity index (χ3n) is 2.43. The normalized spacial score (nSPS) is 10.1. The van der Waals surface area contributed by atoms with Crippen LogP contribution < -0.4 is 10.1 Å². The number of nitro groups is 1. The standard InChI is InChI=1S/C11H9BrN4O4/c1-20-7-4-2-6(3-5-7)13-11(17)9-8(12)10(15-14-9)16(18)19/h2-5H,1H3,(H,13,17)(H,14,15). The van der Waals surface area contributed by atoms with E-state index in [9.17, 15) is 14.9 Å². The minimum absolute atomic E-state index is 0.00788. The molecule has 104 valence electrons. The summed E-state index contributed by atoms with van der Waals surface area (Å²) in [5.74, 6) is -0.282. The van der Waals surface area contributed by atoms with Gasteiger partial charge in [-0.3, -0.25) is 4.79 Å². The Balaban J connectivity index is 2.17. The molecule has 0 unspecified atom stereocenters. The van der Waals surface area contributed by atoms with Crippen molar-refractivity contribution >= 4 is 33.3 Å². The van der Waals surface area contributed by atoms with Crippen molar-refractivity contribution in [2.75, 3.05) is 12.4 Å². The quantitative estimate of drug-likeness (QED) is 0.655. The summed E-state index contributed by atoms with van der Waals surface area (Å²) < 4.78 is 5.00. The van der Waals surface area contributed by atoms with E-state index in [0.717, 1.165) is 0 Å². The lowest BCUT2D eigenvalue weighted by molar-refractivity contribution is -0.390. The zero-order valence-electron chi connectivity index (χ0n) is 10.2. The minimum atomic E-state index is -0.665. The van der Waals surface area contributed by atoms with Gasteiger partial charge < -0.3 is 20.2 Å². The van der Waals surface area contributed by atoms with Crippen LogP contribution in [0, 0.1) is 10.1 Å². The number of nitrogens with one attached hydrogen (secondary N) is 2.